The molecule has 2 N–H and O–H groups in total. The topological polar surface area (TPSA) is 52.6 Å². The quantitative estimate of drug-likeness (QED) is 0.848. The van der Waals surface area contributed by atoms with E-state index in [0.29, 0.717) is 13.1 Å². The fourth-order valence-electron chi connectivity index (χ4n) is 2.35. The van der Waals surface area contributed by atoms with E-state index in [-0.39, 0.29) is 12.0 Å². The molecule has 0 aromatic heterocycles. The van der Waals surface area contributed by atoms with E-state index in [9.17, 15) is 9.90 Å². The molecule has 1 aromatic carbocycles. The van der Waals surface area contributed by atoms with Crippen LogP contribution in [0.5, 0.6) is 0 Å². The van der Waals surface area contributed by atoms with Gasteiger partial charge in [0, 0.05) is 18.8 Å². The number of amides is 1. The summed E-state index contributed by atoms with van der Waals surface area (Å²) in [4.78, 5) is 13.9. The molecule has 0 radical (unpaired) electrons. The van der Waals surface area contributed by atoms with Gasteiger partial charge in [0.2, 0.25) is 5.91 Å². The number of likely N-dealkylation sites (tertiary alicyclic amines) is 1. The Balaban J connectivity index is 1.95. The second kappa shape index (κ2) is 5.50. The Morgan fingerprint density at radius 1 is 1.44 bits per heavy atom. The zero-order valence-electron chi connectivity index (χ0n) is 10.9. The highest BCUT2D eigenvalue weighted by Gasteiger charge is 2.22. The number of aliphatic hydroxyl groups excluding tert-OH is 1. The standard InChI is InChI=1S/C14H20N2O2/c1-10-4-3-5-11(2)14(10)15-13(18)9-16-7-6-12(17)8-16/h3-5,12,17H,6-9H2,1-2H3,(H,15,18)/t12-/m0/s1. The van der Waals surface area contributed by atoms with Crippen LogP contribution in [0.2, 0.25) is 0 Å². The molecule has 4 heteroatoms. The third-order valence-electron chi connectivity index (χ3n) is 3.36. The molecule has 0 saturated carbocycles. The van der Waals surface area contributed by atoms with Crippen molar-refractivity contribution in [2.24, 2.45) is 0 Å². The molecule has 98 valence electrons. The number of para-hydroxylation sites is 1. The van der Waals surface area contributed by atoms with E-state index in [1.54, 1.807) is 0 Å². The van der Waals surface area contributed by atoms with Crippen LogP contribution in [0.15, 0.2) is 18.2 Å². The maximum absolute atomic E-state index is 11.9. The zero-order valence-corrected chi connectivity index (χ0v) is 10.9. The van der Waals surface area contributed by atoms with Crippen LogP contribution in [-0.4, -0.2) is 41.7 Å². The number of nitrogens with one attached hydrogen (secondary N) is 1. The molecule has 1 saturated heterocycles. The first kappa shape index (κ1) is 13.1. The second-order valence-corrected chi connectivity index (χ2v) is 4.99. The highest BCUT2D eigenvalue weighted by Crippen LogP contribution is 2.19. The lowest BCUT2D eigenvalue weighted by Gasteiger charge is -2.16. The summed E-state index contributed by atoms with van der Waals surface area (Å²) in [5, 5.41) is 12.4. The minimum atomic E-state index is -0.280. The minimum Gasteiger partial charge on any atom is -0.392 e. The number of carbonyl (C=O) groups excluding carboxylic acids is 1. The van der Waals surface area contributed by atoms with E-state index < -0.39 is 0 Å². The van der Waals surface area contributed by atoms with Crippen LogP contribution in [0.25, 0.3) is 0 Å². The van der Waals surface area contributed by atoms with Crippen molar-refractivity contribution in [2.45, 2.75) is 26.4 Å². The maximum Gasteiger partial charge on any atom is 0.238 e. The van der Waals surface area contributed by atoms with Gasteiger partial charge in [-0.05, 0) is 31.4 Å². The Bertz CT molecular complexity index is 425. The fraction of sp³-hybridized carbons (Fsp3) is 0.500. The lowest BCUT2D eigenvalue weighted by atomic mass is 10.1. The summed E-state index contributed by atoms with van der Waals surface area (Å²) in [7, 11) is 0. The third kappa shape index (κ3) is 3.09. The Morgan fingerprint density at radius 2 is 2.11 bits per heavy atom. The van der Waals surface area contributed by atoms with Gasteiger partial charge in [0.05, 0.1) is 12.6 Å². The van der Waals surface area contributed by atoms with Crippen LogP contribution in [-0.2, 0) is 4.79 Å². The van der Waals surface area contributed by atoms with Gasteiger partial charge in [-0.1, -0.05) is 18.2 Å². The van der Waals surface area contributed by atoms with E-state index in [1.807, 2.05) is 36.9 Å². The van der Waals surface area contributed by atoms with Gasteiger partial charge in [-0.15, -0.1) is 0 Å². The van der Waals surface area contributed by atoms with Gasteiger partial charge in [0.25, 0.3) is 0 Å². The summed E-state index contributed by atoms with van der Waals surface area (Å²) in [6.45, 7) is 5.72. The van der Waals surface area contributed by atoms with E-state index in [4.69, 9.17) is 0 Å². The van der Waals surface area contributed by atoms with Crippen molar-refractivity contribution in [2.75, 3.05) is 25.0 Å². The second-order valence-electron chi connectivity index (χ2n) is 4.99. The van der Waals surface area contributed by atoms with Crippen molar-refractivity contribution in [1.29, 1.82) is 0 Å². The van der Waals surface area contributed by atoms with E-state index in [2.05, 4.69) is 5.32 Å². The average Bonchev–Trinajstić information content (AvgIpc) is 2.69. The smallest absolute Gasteiger partial charge is 0.238 e. The van der Waals surface area contributed by atoms with Crippen molar-refractivity contribution < 1.29 is 9.90 Å². The summed E-state index contributed by atoms with van der Waals surface area (Å²) in [6, 6.07) is 5.96. The number of β-amino-alcohol motifs (C(OH)–C–C–N with tert-alkyl or cyclic N) is 1. The molecule has 1 aliphatic heterocycles. The van der Waals surface area contributed by atoms with Crippen LogP contribution in [0.4, 0.5) is 5.69 Å². The first-order valence-corrected chi connectivity index (χ1v) is 6.33. The van der Waals surface area contributed by atoms with Gasteiger partial charge in [-0.25, -0.2) is 0 Å². The van der Waals surface area contributed by atoms with Gasteiger partial charge >= 0.3 is 0 Å². The number of aliphatic hydroxyl groups is 1. The van der Waals surface area contributed by atoms with E-state index >= 15 is 0 Å². The number of benzene rings is 1. The lowest BCUT2D eigenvalue weighted by molar-refractivity contribution is -0.117. The van der Waals surface area contributed by atoms with Crippen molar-refractivity contribution in [3.8, 4) is 0 Å². The van der Waals surface area contributed by atoms with E-state index in [0.717, 1.165) is 29.8 Å². The molecule has 1 aromatic rings. The monoisotopic (exact) mass is 248 g/mol. The molecule has 1 fully saturated rings. The van der Waals surface area contributed by atoms with Gasteiger partial charge in [-0.2, -0.15) is 0 Å². The summed E-state index contributed by atoms with van der Waals surface area (Å²) < 4.78 is 0. The zero-order chi connectivity index (χ0) is 13.1. The lowest BCUT2D eigenvalue weighted by Crippen LogP contribution is -2.32. The number of anilines is 1. The minimum absolute atomic E-state index is 0.0125. The molecule has 1 heterocycles. The average molecular weight is 248 g/mol. The molecule has 2 rings (SSSR count). The predicted octanol–water partition coefficient (Wildman–Crippen LogP) is 1.31. The predicted molar refractivity (Wildman–Crippen MR) is 71.6 cm³/mol. The van der Waals surface area contributed by atoms with Crippen LogP contribution >= 0.6 is 0 Å². The number of carbonyl (C=O) groups is 1. The molecular weight excluding hydrogens is 228 g/mol. The maximum atomic E-state index is 11.9. The normalized spacial score (nSPS) is 20.1. The third-order valence-corrected chi connectivity index (χ3v) is 3.36. The largest absolute Gasteiger partial charge is 0.392 e. The van der Waals surface area contributed by atoms with E-state index in [1.165, 1.54) is 0 Å². The molecule has 18 heavy (non-hydrogen) atoms. The van der Waals surface area contributed by atoms with Crippen molar-refractivity contribution >= 4 is 11.6 Å². The van der Waals surface area contributed by atoms with Crippen molar-refractivity contribution in [3.63, 3.8) is 0 Å². The number of hydrogen-bond acceptors (Lipinski definition) is 3. The SMILES string of the molecule is Cc1cccc(C)c1NC(=O)CN1CC[C@H](O)C1. The van der Waals surface area contributed by atoms with Gasteiger partial charge in [-0.3, -0.25) is 9.69 Å². The van der Waals surface area contributed by atoms with Gasteiger partial charge < -0.3 is 10.4 Å². The number of hydrogen-bond donors (Lipinski definition) is 2. The number of aryl methyl sites for hydroxylation is 2. The van der Waals surface area contributed by atoms with Crippen molar-refractivity contribution in [3.05, 3.63) is 29.3 Å². The molecule has 1 atom stereocenters. The summed E-state index contributed by atoms with van der Waals surface area (Å²) in [5.41, 5.74) is 3.05. The molecule has 0 spiro atoms. The van der Waals surface area contributed by atoms with Crippen LogP contribution in [0.3, 0.4) is 0 Å². The molecule has 0 aliphatic carbocycles. The fourth-order valence-corrected chi connectivity index (χ4v) is 2.35. The first-order chi connectivity index (χ1) is 8.56. The van der Waals surface area contributed by atoms with Crippen LogP contribution in [0.1, 0.15) is 17.5 Å². The Labute approximate surface area is 108 Å². The Morgan fingerprint density at radius 3 is 2.67 bits per heavy atom. The number of nitrogens with zero attached hydrogens (tertiary/aromatic N) is 1. The van der Waals surface area contributed by atoms with Gasteiger partial charge in [0.15, 0.2) is 0 Å². The van der Waals surface area contributed by atoms with Crippen LogP contribution < -0.4 is 5.32 Å². The highest BCUT2D eigenvalue weighted by molar-refractivity contribution is 5.93. The summed E-state index contributed by atoms with van der Waals surface area (Å²) in [6.07, 6.45) is 0.481. The Hall–Kier alpha value is -1.39. The number of rotatable bonds is 3. The first-order valence-electron chi connectivity index (χ1n) is 6.33. The van der Waals surface area contributed by atoms with Crippen LogP contribution in [0, 0.1) is 13.8 Å². The summed E-state index contributed by atoms with van der Waals surface area (Å²) in [5.74, 6) is -0.0125. The Kier molecular flexibility index (Phi) is 3.99. The molecule has 4 nitrogen and oxygen atoms in total. The summed E-state index contributed by atoms with van der Waals surface area (Å²) >= 11 is 0. The molecule has 0 bridgehead atoms. The highest BCUT2D eigenvalue weighted by atomic mass is 16.3. The molecular formula is C14H20N2O2. The molecule has 0 unspecified atom stereocenters. The molecule has 1 aliphatic rings. The van der Waals surface area contributed by atoms with Gasteiger partial charge in [0.1, 0.15) is 0 Å². The van der Waals surface area contributed by atoms with Crippen molar-refractivity contribution in [1.82, 2.24) is 4.90 Å². The molecule has 1 amide bonds.